The highest BCUT2D eigenvalue weighted by Crippen LogP contribution is 2.18. The molecule has 0 rings (SSSR count). The minimum Gasteiger partial charge on any atom is -0.394 e. The van der Waals surface area contributed by atoms with Gasteiger partial charge in [-0.3, -0.25) is 4.79 Å². The van der Waals surface area contributed by atoms with Crippen molar-refractivity contribution >= 4 is 5.91 Å². The van der Waals surface area contributed by atoms with E-state index in [0.717, 1.165) is 38.5 Å². The summed E-state index contributed by atoms with van der Waals surface area (Å²) < 4.78 is 0. The van der Waals surface area contributed by atoms with Crippen LogP contribution in [0.15, 0.2) is 12.2 Å². The second-order valence-electron chi connectivity index (χ2n) is 20.7. The fourth-order valence-corrected chi connectivity index (χ4v) is 9.59. The van der Waals surface area contributed by atoms with Gasteiger partial charge in [-0.05, 0) is 38.5 Å². The topological polar surface area (TPSA) is 110 Å². The lowest BCUT2D eigenvalue weighted by atomic mass is 10.00. The summed E-state index contributed by atoms with van der Waals surface area (Å²) in [6, 6.07) is -0.999. The molecule has 0 aliphatic carbocycles. The number of carbonyl (C=O) groups is 1. The van der Waals surface area contributed by atoms with E-state index in [-0.39, 0.29) is 0 Å². The van der Waals surface area contributed by atoms with Crippen LogP contribution in [0.1, 0.15) is 328 Å². The number of hydrogen-bond acceptors (Lipinski definition) is 5. The summed E-state index contributed by atoms with van der Waals surface area (Å²) in [4.78, 5) is 12.6. The molecule has 0 aromatic carbocycles. The summed E-state index contributed by atoms with van der Waals surface area (Å²) in [5, 5.41) is 44.0. The third-order valence-corrected chi connectivity index (χ3v) is 14.2. The number of aliphatic hydroxyl groups is 4. The summed E-state index contributed by atoms with van der Waals surface area (Å²) in [5.41, 5.74) is 0. The Balaban J connectivity index is 3.61. The molecule has 0 radical (unpaired) electrons. The number of amides is 1. The zero-order chi connectivity index (χ0) is 47.4. The van der Waals surface area contributed by atoms with E-state index in [9.17, 15) is 25.2 Å². The number of unbranched alkanes of at least 4 members (excludes halogenated alkanes) is 44. The quantitative estimate of drug-likeness (QED) is 0.0308. The summed E-state index contributed by atoms with van der Waals surface area (Å²) in [6.45, 7) is 4.09. The van der Waals surface area contributed by atoms with Crippen LogP contribution in [0, 0.1) is 0 Å². The first kappa shape index (κ1) is 64.0. The predicted octanol–water partition coefficient (Wildman–Crippen LogP) is 17.3. The molecule has 0 aliphatic rings. The van der Waals surface area contributed by atoms with Gasteiger partial charge in [0.25, 0.3) is 0 Å². The maximum absolute atomic E-state index is 12.6. The first-order chi connectivity index (χ1) is 32.0. The van der Waals surface area contributed by atoms with Gasteiger partial charge in [-0.1, -0.05) is 302 Å². The van der Waals surface area contributed by atoms with Crippen molar-refractivity contribution < 1.29 is 25.2 Å². The lowest BCUT2D eigenvalue weighted by molar-refractivity contribution is -0.132. The van der Waals surface area contributed by atoms with Crippen LogP contribution in [-0.4, -0.2) is 57.3 Å². The number of aliphatic hydroxyl groups excluding tert-OH is 4. The van der Waals surface area contributed by atoms with Gasteiger partial charge in [-0.15, -0.1) is 0 Å². The molecule has 0 aromatic heterocycles. The molecule has 0 saturated heterocycles. The molecule has 6 nitrogen and oxygen atoms in total. The normalized spacial score (nSPS) is 13.8. The molecule has 0 spiro atoms. The lowest BCUT2D eigenvalue weighted by Gasteiger charge is -2.27. The SMILES string of the molecule is CCCCCCCCCCCCCCCCCCCCC/C=C/CCCC(O)C(O)C(CO)NC(=O)C(O)CCCCCCCCCCCCCCCCCCCCCCCCCCC. The molecule has 0 aromatic rings. The largest absolute Gasteiger partial charge is 0.394 e. The van der Waals surface area contributed by atoms with E-state index in [1.807, 2.05) is 0 Å². The van der Waals surface area contributed by atoms with Crippen LogP contribution in [0.2, 0.25) is 0 Å². The third-order valence-electron chi connectivity index (χ3n) is 14.2. The van der Waals surface area contributed by atoms with Crippen molar-refractivity contribution in [2.75, 3.05) is 6.61 Å². The van der Waals surface area contributed by atoms with E-state index >= 15 is 0 Å². The van der Waals surface area contributed by atoms with Gasteiger partial charge in [-0.25, -0.2) is 0 Å². The van der Waals surface area contributed by atoms with Crippen LogP contribution in [0.3, 0.4) is 0 Å². The molecule has 6 heteroatoms. The Bertz CT molecular complexity index is 944. The van der Waals surface area contributed by atoms with Gasteiger partial charge in [0, 0.05) is 0 Å². The van der Waals surface area contributed by atoms with Crippen LogP contribution >= 0.6 is 0 Å². The Morgan fingerprint density at radius 3 is 0.923 bits per heavy atom. The summed E-state index contributed by atoms with van der Waals surface area (Å²) >= 11 is 0. The number of carbonyl (C=O) groups excluding carboxylic acids is 1. The summed E-state index contributed by atoms with van der Waals surface area (Å²) in [5.74, 6) is -0.586. The summed E-state index contributed by atoms with van der Waals surface area (Å²) in [7, 11) is 0. The van der Waals surface area contributed by atoms with Crippen molar-refractivity contribution in [1.82, 2.24) is 5.32 Å². The molecule has 0 aliphatic heterocycles. The first-order valence-corrected chi connectivity index (χ1v) is 29.6. The monoisotopic (exact) mass is 920 g/mol. The molecule has 0 heterocycles. The molecule has 0 fully saturated rings. The molecule has 0 bridgehead atoms. The number of rotatable bonds is 55. The van der Waals surface area contributed by atoms with Gasteiger partial charge in [0.1, 0.15) is 12.2 Å². The van der Waals surface area contributed by atoms with Crippen LogP contribution in [-0.2, 0) is 4.79 Å². The minimum atomic E-state index is -1.28. The molecular formula is C59H117NO5. The second kappa shape index (κ2) is 54.0. The van der Waals surface area contributed by atoms with Gasteiger partial charge in [0.2, 0.25) is 5.91 Å². The van der Waals surface area contributed by atoms with Crippen LogP contribution < -0.4 is 5.32 Å². The Kier molecular flexibility index (Phi) is 53.2. The molecule has 4 unspecified atom stereocenters. The van der Waals surface area contributed by atoms with Crippen LogP contribution in [0.5, 0.6) is 0 Å². The van der Waals surface area contributed by atoms with Crippen molar-refractivity contribution in [3.8, 4) is 0 Å². The van der Waals surface area contributed by atoms with Crippen molar-refractivity contribution in [1.29, 1.82) is 0 Å². The molecular weight excluding hydrogens is 803 g/mol. The van der Waals surface area contributed by atoms with Crippen LogP contribution in [0.4, 0.5) is 0 Å². The van der Waals surface area contributed by atoms with Gasteiger partial charge >= 0.3 is 0 Å². The highest BCUT2D eigenvalue weighted by molar-refractivity contribution is 5.80. The van der Waals surface area contributed by atoms with E-state index in [0.29, 0.717) is 12.8 Å². The van der Waals surface area contributed by atoms with Crippen molar-refractivity contribution in [2.45, 2.75) is 353 Å². The highest BCUT2D eigenvalue weighted by atomic mass is 16.3. The predicted molar refractivity (Wildman–Crippen MR) is 284 cm³/mol. The smallest absolute Gasteiger partial charge is 0.249 e. The number of nitrogens with one attached hydrogen (secondary N) is 1. The van der Waals surface area contributed by atoms with Gasteiger partial charge in [0.05, 0.1) is 18.8 Å². The Labute approximate surface area is 406 Å². The van der Waals surface area contributed by atoms with Crippen molar-refractivity contribution in [3.63, 3.8) is 0 Å². The summed E-state index contributed by atoms with van der Waals surface area (Å²) in [6.07, 6.45) is 64.4. The Hall–Kier alpha value is -0.950. The van der Waals surface area contributed by atoms with Crippen molar-refractivity contribution in [3.05, 3.63) is 12.2 Å². The van der Waals surface area contributed by atoms with Gasteiger partial charge in [-0.2, -0.15) is 0 Å². The lowest BCUT2D eigenvalue weighted by Crippen LogP contribution is -2.53. The average molecular weight is 921 g/mol. The van der Waals surface area contributed by atoms with E-state index < -0.39 is 36.9 Å². The molecule has 1 amide bonds. The zero-order valence-corrected chi connectivity index (χ0v) is 44.0. The first-order valence-electron chi connectivity index (χ1n) is 29.6. The van der Waals surface area contributed by atoms with E-state index in [1.54, 1.807) is 0 Å². The molecule has 388 valence electrons. The minimum absolute atomic E-state index is 0.369. The maximum Gasteiger partial charge on any atom is 0.249 e. The Morgan fingerprint density at radius 2 is 0.631 bits per heavy atom. The van der Waals surface area contributed by atoms with Crippen LogP contribution in [0.25, 0.3) is 0 Å². The van der Waals surface area contributed by atoms with Crippen molar-refractivity contribution in [2.24, 2.45) is 0 Å². The van der Waals surface area contributed by atoms with Gasteiger partial charge in [0.15, 0.2) is 0 Å². The molecule has 65 heavy (non-hydrogen) atoms. The average Bonchev–Trinajstić information content (AvgIpc) is 3.31. The maximum atomic E-state index is 12.6. The molecule has 5 N–H and O–H groups in total. The molecule has 0 saturated carbocycles. The van der Waals surface area contributed by atoms with E-state index in [4.69, 9.17) is 0 Å². The van der Waals surface area contributed by atoms with Gasteiger partial charge < -0.3 is 25.7 Å². The Morgan fingerprint density at radius 1 is 0.369 bits per heavy atom. The number of hydrogen-bond donors (Lipinski definition) is 5. The third kappa shape index (κ3) is 47.9. The fraction of sp³-hybridized carbons (Fsp3) is 0.949. The highest BCUT2D eigenvalue weighted by Gasteiger charge is 2.28. The number of allylic oxidation sites excluding steroid dienone is 2. The standard InChI is InChI=1S/C59H117NO5/c1-3-5-7-9-11-13-15-17-19-21-23-25-27-29-31-33-35-37-39-41-43-45-47-49-51-53-57(63)59(65)60-55(54-61)58(64)56(62)52-50-48-46-44-42-40-38-36-34-32-30-28-26-24-22-20-18-16-14-12-10-8-6-4-2/h44,46,55-58,61-64H,3-43,45,47-54H2,1-2H3,(H,60,65)/b46-44+. The van der Waals surface area contributed by atoms with E-state index in [2.05, 4.69) is 31.3 Å². The second-order valence-corrected chi connectivity index (χ2v) is 20.7. The molecule has 4 atom stereocenters. The van der Waals surface area contributed by atoms with E-state index in [1.165, 1.54) is 263 Å². The zero-order valence-electron chi connectivity index (χ0n) is 44.0. The fourth-order valence-electron chi connectivity index (χ4n) is 9.59.